The molecule has 3 aliphatic rings. The zero-order valence-corrected chi connectivity index (χ0v) is 51.3. The van der Waals surface area contributed by atoms with Crippen LogP contribution in [0.4, 0.5) is 0 Å². The molecule has 0 bridgehead atoms. The third-order valence-electron chi connectivity index (χ3n) is 15.5. The van der Waals surface area contributed by atoms with Crippen LogP contribution in [0.2, 0.25) is 0 Å². The lowest BCUT2D eigenvalue weighted by atomic mass is 9.90. The SMILES string of the molecule is CC[C@H](C)[C@@H]([C@@H](CC(=O)N1CCC[C@H]1[C@H](OC)[C@@H](C)C(=O)NS(=O)(=O)c1ccc(C2(NC(=O)CNC(=O)C(NC(=O)CCOCCOCCOCCN3C(=O)C=CC3=O)C(C)C)CC2)cc1)OC)N(C)C(=O)CNC(=O)C(C(C)C)N(C)C. The number of carbonyl (C=O) groups is 9. The van der Waals surface area contributed by atoms with Crippen LogP contribution in [0.15, 0.2) is 41.3 Å². The van der Waals surface area contributed by atoms with Crippen molar-refractivity contribution < 1.29 is 75.3 Å². The third-order valence-corrected chi connectivity index (χ3v) is 16.9. The van der Waals surface area contributed by atoms with Crippen molar-refractivity contribution in [1.29, 1.82) is 0 Å². The quantitative estimate of drug-likeness (QED) is 0.0456. The summed E-state index contributed by atoms with van der Waals surface area (Å²) in [7, 11) is 3.73. The number of nitrogens with zero attached hydrogens (tertiary/aromatic N) is 4. The van der Waals surface area contributed by atoms with Gasteiger partial charge in [-0.05, 0) is 75.2 Å². The number of benzene rings is 1. The molecule has 2 heterocycles. The Morgan fingerprint density at radius 2 is 1.34 bits per heavy atom. The molecule has 2 fully saturated rings. The Bertz CT molecular complexity index is 2500. The van der Waals surface area contributed by atoms with Crippen molar-refractivity contribution >= 4 is 63.2 Å². The number of methoxy groups -OCH3 is 2. The van der Waals surface area contributed by atoms with Gasteiger partial charge in [-0.3, -0.25) is 53.0 Å². The number of likely N-dealkylation sites (tertiary alicyclic amines) is 1. The maximum absolute atomic E-state index is 14.2. The van der Waals surface area contributed by atoms with E-state index in [1.807, 2.05) is 27.7 Å². The van der Waals surface area contributed by atoms with E-state index in [4.69, 9.17) is 23.7 Å². The lowest BCUT2D eigenvalue weighted by Crippen LogP contribution is -2.55. The first kappa shape index (κ1) is 69.6. The van der Waals surface area contributed by atoms with Crippen molar-refractivity contribution in [3.05, 3.63) is 42.0 Å². The van der Waals surface area contributed by atoms with Crippen molar-refractivity contribution in [3.63, 3.8) is 0 Å². The number of nitrogens with one attached hydrogen (secondary N) is 5. The fraction of sp³-hybridized carbons (Fsp3) is 0.702. The van der Waals surface area contributed by atoms with Gasteiger partial charge in [0.15, 0.2) is 0 Å². The van der Waals surface area contributed by atoms with Gasteiger partial charge in [-0.15, -0.1) is 0 Å². The van der Waals surface area contributed by atoms with Crippen molar-refractivity contribution in [2.45, 2.75) is 140 Å². The van der Waals surface area contributed by atoms with Gasteiger partial charge in [0.05, 0.1) is 112 Å². The highest BCUT2D eigenvalue weighted by Gasteiger charge is 2.46. The van der Waals surface area contributed by atoms with Gasteiger partial charge in [-0.1, -0.05) is 67.0 Å². The summed E-state index contributed by atoms with van der Waals surface area (Å²) in [6.07, 6.45) is 3.52. The molecule has 1 aromatic carbocycles. The highest BCUT2D eigenvalue weighted by molar-refractivity contribution is 7.90. The molecule has 26 heteroatoms. The minimum atomic E-state index is -4.41. The molecule has 2 unspecified atom stereocenters. The number of ether oxygens (including phenoxy) is 5. The number of sulfonamides is 1. The summed E-state index contributed by atoms with van der Waals surface area (Å²) in [4.78, 5) is 123. The van der Waals surface area contributed by atoms with Crippen LogP contribution in [0.1, 0.15) is 99.0 Å². The third kappa shape index (κ3) is 20.1. The topological polar surface area (TPSA) is 307 Å². The Balaban J connectivity index is 1.24. The molecule has 0 spiro atoms. The minimum Gasteiger partial charge on any atom is -0.379 e. The molecule has 83 heavy (non-hydrogen) atoms. The number of hydrogen-bond acceptors (Lipinski definition) is 17. The summed E-state index contributed by atoms with van der Waals surface area (Å²) in [6, 6.07) is 3.30. The minimum absolute atomic E-state index is 0.0112. The molecule has 9 amide bonds. The second kappa shape index (κ2) is 33.0. The van der Waals surface area contributed by atoms with Crippen molar-refractivity contribution in [1.82, 2.24) is 45.6 Å². The van der Waals surface area contributed by atoms with Gasteiger partial charge in [-0.25, -0.2) is 13.1 Å². The molecule has 4 rings (SSSR count). The van der Waals surface area contributed by atoms with Crippen LogP contribution in [0.3, 0.4) is 0 Å². The van der Waals surface area contributed by atoms with Crippen LogP contribution in [0.25, 0.3) is 0 Å². The summed E-state index contributed by atoms with van der Waals surface area (Å²) in [5.41, 5.74) is -0.196. The number of likely N-dealkylation sites (N-methyl/N-ethyl adjacent to an activating group) is 2. The zero-order valence-electron chi connectivity index (χ0n) is 50.5. The average Bonchev–Trinajstić information content (AvgIpc) is 2.97. The Morgan fingerprint density at radius 3 is 1.88 bits per heavy atom. The zero-order chi connectivity index (χ0) is 61.8. The van der Waals surface area contributed by atoms with E-state index in [0.717, 1.165) is 4.90 Å². The molecule has 5 N–H and O–H groups in total. The normalized spacial score (nSPS) is 18.3. The molecule has 0 aromatic heterocycles. The van der Waals surface area contributed by atoms with Crippen LogP contribution in [0, 0.1) is 23.7 Å². The lowest BCUT2D eigenvalue weighted by Gasteiger charge is -2.39. The number of hydrogen-bond donors (Lipinski definition) is 5. The first-order valence-corrected chi connectivity index (χ1v) is 30.1. The van der Waals surface area contributed by atoms with E-state index in [2.05, 4.69) is 26.0 Å². The van der Waals surface area contributed by atoms with E-state index >= 15 is 0 Å². The van der Waals surface area contributed by atoms with E-state index in [-0.39, 0.29) is 124 Å². The highest BCUT2D eigenvalue weighted by Crippen LogP contribution is 2.45. The largest absolute Gasteiger partial charge is 0.379 e. The van der Waals surface area contributed by atoms with Crippen molar-refractivity contribution in [3.8, 4) is 0 Å². The molecule has 2 aliphatic heterocycles. The Hall–Kier alpha value is -5.90. The molecule has 1 saturated carbocycles. The van der Waals surface area contributed by atoms with E-state index < -0.39 is 81.5 Å². The monoisotopic (exact) mass is 1190 g/mol. The predicted molar refractivity (Wildman–Crippen MR) is 305 cm³/mol. The highest BCUT2D eigenvalue weighted by atomic mass is 32.2. The van der Waals surface area contributed by atoms with Gasteiger partial charge in [-0.2, -0.15) is 0 Å². The Morgan fingerprint density at radius 1 is 0.747 bits per heavy atom. The van der Waals surface area contributed by atoms with Crippen LogP contribution in [0.5, 0.6) is 0 Å². The molecule has 0 radical (unpaired) electrons. The summed E-state index contributed by atoms with van der Waals surface area (Å²) >= 11 is 0. The number of rotatable bonds is 37. The summed E-state index contributed by atoms with van der Waals surface area (Å²) in [5.74, 6) is -5.39. The van der Waals surface area contributed by atoms with E-state index in [0.29, 0.717) is 44.2 Å². The van der Waals surface area contributed by atoms with Crippen molar-refractivity contribution in [2.75, 3.05) is 101 Å². The van der Waals surface area contributed by atoms with Gasteiger partial charge in [0.1, 0.15) is 6.04 Å². The fourth-order valence-corrected chi connectivity index (χ4v) is 11.6. The molecule has 25 nitrogen and oxygen atoms in total. The molecule has 1 aromatic rings. The molecule has 1 saturated heterocycles. The maximum atomic E-state index is 14.2. The second-order valence-corrected chi connectivity index (χ2v) is 24.1. The van der Waals surface area contributed by atoms with E-state index in [1.54, 1.807) is 56.9 Å². The van der Waals surface area contributed by atoms with Crippen LogP contribution < -0.4 is 26.0 Å². The summed E-state index contributed by atoms with van der Waals surface area (Å²) in [6.45, 7) is 13.9. The smallest absolute Gasteiger partial charge is 0.264 e. The molecule has 8 atom stereocenters. The molecule has 1 aliphatic carbocycles. The number of amides is 9. The number of carbonyl (C=O) groups excluding carboxylic acids is 9. The lowest BCUT2D eigenvalue weighted by molar-refractivity contribution is -0.145. The van der Waals surface area contributed by atoms with Crippen LogP contribution in [-0.2, 0) is 82.4 Å². The van der Waals surface area contributed by atoms with Gasteiger partial charge in [0.25, 0.3) is 21.8 Å². The first-order chi connectivity index (χ1) is 39.2. The summed E-state index contributed by atoms with van der Waals surface area (Å²) in [5, 5.41) is 11.0. The van der Waals surface area contributed by atoms with Gasteiger partial charge in [0.2, 0.25) is 41.4 Å². The van der Waals surface area contributed by atoms with Gasteiger partial charge in [0, 0.05) is 46.4 Å². The van der Waals surface area contributed by atoms with Crippen molar-refractivity contribution in [2.24, 2.45) is 23.7 Å². The number of imide groups is 1. The van der Waals surface area contributed by atoms with Crippen LogP contribution >= 0.6 is 0 Å². The first-order valence-electron chi connectivity index (χ1n) is 28.6. The Kier molecular flexibility index (Phi) is 27.6. The molecular formula is C57H91N9O16S. The van der Waals surface area contributed by atoms with Gasteiger partial charge < -0.3 is 54.8 Å². The average molecular weight is 1190 g/mol. The van der Waals surface area contributed by atoms with E-state index in [9.17, 15) is 51.6 Å². The summed E-state index contributed by atoms with van der Waals surface area (Å²) < 4.78 is 57.7. The standard InChI is InChI=1S/C57H91N9O16S/c1-13-38(6)52(64(10)49(72)35-59-56(75)51(37(4)5)63(8)9)43(78-11)33-48(71)65-25-14-15-42(65)53(79-12)39(7)54(73)62-83(76,77)41-18-16-40(17-19-41)57(23-24-57)61-45(68)34-58-55(74)50(36(2)3)60-44(67)22-27-80-29-31-82-32-30-81-28-26-66-46(69)20-21-47(66)70/h16-21,36-39,42-43,50-53H,13-15,22-35H2,1-12H3,(H,58,74)(H,59,75)(H,60,67)(H,61,68)(H,62,73)/t38-,39+,42-,43+,50?,51?,52-,53+/m0/s1. The van der Waals surface area contributed by atoms with E-state index in [1.165, 1.54) is 50.3 Å². The van der Waals surface area contributed by atoms with Gasteiger partial charge >= 0.3 is 0 Å². The fourth-order valence-electron chi connectivity index (χ4n) is 10.6. The van der Waals surface area contributed by atoms with Crippen LogP contribution in [-0.4, -0.2) is 219 Å². The molecular weight excluding hydrogens is 1100 g/mol. The predicted octanol–water partition coefficient (Wildman–Crippen LogP) is 0.841. The molecule has 466 valence electrons. The Labute approximate surface area is 489 Å². The second-order valence-electron chi connectivity index (χ2n) is 22.4. The maximum Gasteiger partial charge on any atom is 0.264 e.